The van der Waals surface area contributed by atoms with E-state index in [2.05, 4.69) is 28.0 Å². The first kappa shape index (κ1) is 12.0. The van der Waals surface area contributed by atoms with E-state index in [-0.39, 0.29) is 12.3 Å². The number of rotatable bonds is 4. The highest BCUT2D eigenvalue weighted by Crippen LogP contribution is 2.09. The number of aryl methyl sites for hydroxylation is 1. The molecule has 3 nitrogen and oxygen atoms in total. The van der Waals surface area contributed by atoms with Gasteiger partial charge in [0.25, 0.3) is 0 Å². The van der Waals surface area contributed by atoms with E-state index in [1.807, 2.05) is 24.3 Å². The predicted molar refractivity (Wildman–Crippen MR) is 70.1 cm³/mol. The first-order chi connectivity index (χ1) is 8.19. The molecule has 0 spiro atoms. The van der Waals surface area contributed by atoms with Crippen LogP contribution in [0.1, 0.15) is 22.8 Å². The lowest BCUT2D eigenvalue weighted by Gasteiger charge is -2.02. The number of halogens is 1. The van der Waals surface area contributed by atoms with Gasteiger partial charge in [0.2, 0.25) is 0 Å². The highest BCUT2D eigenvalue weighted by atomic mass is 79.9. The van der Waals surface area contributed by atoms with E-state index in [4.69, 9.17) is 0 Å². The molecule has 0 saturated carbocycles. The van der Waals surface area contributed by atoms with E-state index in [9.17, 15) is 4.79 Å². The molecule has 0 radical (unpaired) electrons. The summed E-state index contributed by atoms with van der Waals surface area (Å²) in [5, 5.41) is 4.06. The number of nitrogens with zero attached hydrogens (tertiary/aromatic N) is 2. The number of ketones is 1. The fourth-order valence-electron chi connectivity index (χ4n) is 1.59. The summed E-state index contributed by atoms with van der Waals surface area (Å²) in [4.78, 5) is 11.9. The van der Waals surface area contributed by atoms with Crippen LogP contribution in [0, 0.1) is 0 Å². The zero-order valence-electron chi connectivity index (χ0n) is 9.56. The van der Waals surface area contributed by atoms with Gasteiger partial charge in [-0.05, 0) is 27.9 Å². The average molecular weight is 293 g/mol. The van der Waals surface area contributed by atoms with Crippen LogP contribution in [0.15, 0.2) is 41.1 Å². The monoisotopic (exact) mass is 292 g/mol. The second kappa shape index (κ2) is 5.27. The molecule has 0 aliphatic carbocycles. The fraction of sp³-hybridized carbons (Fsp3) is 0.231. The third-order valence-corrected chi connectivity index (χ3v) is 3.00. The Kier molecular flexibility index (Phi) is 3.74. The summed E-state index contributed by atoms with van der Waals surface area (Å²) >= 11 is 3.30. The molecule has 1 heterocycles. The molecular weight excluding hydrogens is 280 g/mol. The van der Waals surface area contributed by atoms with Crippen molar-refractivity contribution in [3.05, 3.63) is 52.3 Å². The summed E-state index contributed by atoms with van der Waals surface area (Å²) in [5.41, 5.74) is 1.97. The van der Waals surface area contributed by atoms with Crippen molar-refractivity contribution in [2.75, 3.05) is 0 Å². The number of hydrogen-bond donors (Lipinski definition) is 0. The van der Waals surface area contributed by atoms with E-state index < -0.39 is 0 Å². The van der Waals surface area contributed by atoms with Crippen LogP contribution in [0.3, 0.4) is 0 Å². The van der Waals surface area contributed by atoms with Crippen LogP contribution in [0.2, 0.25) is 0 Å². The molecule has 0 aliphatic rings. The first-order valence-corrected chi connectivity index (χ1v) is 6.28. The average Bonchev–Trinajstić information content (AvgIpc) is 2.75. The van der Waals surface area contributed by atoms with Gasteiger partial charge < -0.3 is 0 Å². The highest BCUT2D eigenvalue weighted by Gasteiger charge is 2.07. The lowest BCUT2D eigenvalue weighted by atomic mass is 10.1. The summed E-state index contributed by atoms with van der Waals surface area (Å²) in [5.74, 6) is 0.0725. The second-order valence-corrected chi connectivity index (χ2v) is 4.75. The molecule has 0 amide bonds. The van der Waals surface area contributed by atoms with Gasteiger partial charge in [0, 0.05) is 11.8 Å². The second-order valence-electron chi connectivity index (χ2n) is 3.83. The Morgan fingerprint density at radius 1 is 1.35 bits per heavy atom. The minimum atomic E-state index is 0.0725. The van der Waals surface area contributed by atoms with Gasteiger partial charge in [-0.15, -0.1) is 0 Å². The summed E-state index contributed by atoms with van der Waals surface area (Å²) in [6.07, 6.45) is 4.45. The van der Waals surface area contributed by atoms with Crippen molar-refractivity contribution in [3.8, 4) is 0 Å². The molecular formula is C13H13BrN2O. The van der Waals surface area contributed by atoms with Crippen LogP contribution in [0.25, 0.3) is 0 Å². The SMILES string of the molecule is CCc1ccc(C(=O)Cn2cc(Br)cn2)cc1. The first-order valence-electron chi connectivity index (χ1n) is 5.49. The Morgan fingerprint density at radius 2 is 2.06 bits per heavy atom. The van der Waals surface area contributed by atoms with Crippen molar-refractivity contribution in [1.82, 2.24) is 9.78 Å². The standard InChI is InChI=1S/C13H13BrN2O/c1-2-10-3-5-11(6-4-10)13(17)9-16-8-12(14)7-15-16/h3-8H,2,9H2,1H3. The zero-order chi connectivity index (χ0) is 12.3. The molecule has 4 heteroatoms. The quantitative estimate of drug-likeness (QED) is 0.812. The molecule has 1 aromatic carbocycles. The van der Waals surface area contributed by atoms with Crippen molar-refractivity contribution >= 4 is 21.7 Å². The molecule has 17 heavy (non-hydrogen) atoms. The van der Waals surface area contributed by atoms with Crippen molar-refractivity contribution in [2.24, 2.45) is 0 Å². The minimum absolute atomic E-state index is 0.0725. The van der Waals surface area contributed by atoms with Crippen LogP contribution in [-0.2, 0) is 13.0 Å². The third kappa shape index (κ3) is 3.03. The van der Waals surface area contributed by atoms with E-state index in [0.29, 0.717) is 0 Å². The lowest BCUT2D eigenvalue weighted by Crippen LogP contribution is -2.10. The number of carbonyl (C=O) groups excluding carboxylic acids is 1. The van der Waals surface area contributed by atoms with Gasteiger partial charge in [0.15, 0.2) is 5.78 Å². The maximum absolute atomic E-state index is 11.9. The van der Waals surface area contributed by atoms with Gasteiger partial charge in [-0.25, -0.2) is 0 Å². The summed E-state index contributed by atoms with van der Waals surface area (Å²) in [7, 11) is 0. The minimum Gasteiger partial charge on any atom is -0.292 e. The van der Waals surface area contributed by atoms with Gasteiger partial charge >= 0.3 is 0 Å². The molecule has 0 aliphatic heterocycles. The summed E-state index contributed by atoms with van der Waals surface area (Å²) in [6, 6.07) is 7.73. The Bertz CT molecular complexity index is 516. The Labute approximate surface area is 109 Å². The number of hydrogen-bond acceptors (Lipinski definition) is 2. The number of Topliss-reactive ketones (excluding diaryl/α,β-unsaturated/α-hetero) is 1. The molecule has 2 aromatic rings. The van der Waals surface area contributed by atoms with Crippen LogP contribution >= 0.6 is 15.9 Å². The largest absolute Gasteiger partial charge is 0.292 e. The predicted octanol–water partition coefficient (Wildman–Crippen LogP) is 3.09. The normalized spacial score (nSPS) is 10.5. The summed E-state index contributed by atoms with van der Waals surface area (Å²) in [6.45, 7) is 2.37. The highest BCUT2D eigenvalue weighted by molar-refractivity contribution is 9.10. The van der Waals surface area contributed by atoms with Gasteiger partial charge in [0.1, 0.15) is 6.54 Å². The zero-order valence-corrected chi connectivity index (χ0v) is 11.1. The molecule has 0 unspecified atom stereocenters. The number of benzene rings is 1. The van der Waals surface area contributed by atoms with Crippen molar-refractivity contribution in [2.45, 2.75) is 19.9 Å². The Balaban J connectivity index is 2.09. The van der Waals surface area contributed by atoms with Crippen LogP contribution < -0.4 is 0 Å². The third-order valence-electron chi connectivity index (χ3n) is 2.59. The Hall–Kier alpha value is -1.42. The van der Waals surface area contributed by atoms with Gasteiger partial charge in [0.05, 0.1) is 10.7 Å². The maximum atomic E-state index is 11.9. The van der Waals surface area contributed by atoms with Crippen LogP contribution in [-0.4, -0.2) is 15.6 Å². The van der Waals surface area contributed by atoms with E-state index >= 15 is 0 Å². The van der Waals surface area contributed by atoms with Crippen molar-refractivity contribution in [3.63, 3.8) is 0 Å². The van der Waals surface area contributed by atoms with E-state index in [1.54, 1.807) is 17.1 Å². The van der Waals surface area contributed by atoms with Gasteiger partial charge in [-0.2, -0.15) is 5.10 Å². The van der Waals surface area contributed by atoms with Gasteiger partial charge in [-0.3, -0.25) is 9.48 Å². The molecule has 88 valence electrons. The van der Waals surface area contributed by atoms with Crippen LogP contribution in [0.4, 0.5) is 0 Å². The molecule has 0 bridgehead atoms. The van der Waals surface area contributed by atoms with E-state index in [1.165, 1.54) is 5.56 Å². The van der Waals surface area contributed by atoms with E-state index in [0.717, 1.165) is 16.5 Å². The lowest BCUT2D eigenvalue weighted by molar-refractivity contribution is 0.0967. The van der Waals surface area contributed by atoms with Crippen molar-refractivity contribution in [1.29, 1.82) is 0 Å². The molecule has 0 atom stereocenters. The fourth-order valence-corrected chi connectivity index (χ4v) is 1.92. The molecule has 0 saturated heterocycles. The number of carbonyl (C=O) groups is 1. The Morgan fingerprint density at radius 3 is 2.59 bits per heavy atom. The van der Waals surface area contributed by atoms with Gasteiger partial charge in [-0.1, -0.05) is 31.2 Å². The molecule has 0 fully saturated rings. The molecule has 0 N–H and O–H groups in total. The number of aromatic nitrogens is 2. The maximum Gasteiger partial charge on any atom is 0.184 e. The molecule has 1 aromatic heterocycles. The summed E-state index contributed by atoms with van der Waals surface area (Å²) < 4.78 is 2.51. The smallest absolute Gasteiger partial charge is 0.184 e. The van der Waals surface area contributed by atoms with Crippen LogP contribution in [0.5, 0.6) is 0 Å². The molecule has 2 rings (SSSR count). The topological polar surface area (TPSA) is 34.9 Å². The van der Waals surface area contributed by atoms with Crippen molar-refractivity contribution < 1.29 is 4.79 Å².